The molecule has 0 fully saturated rings. The molecule has 2 aromatic rings. The molecule has 0 aliphatic carbocycles. The van der Waals surface area contributed by atoms with Crippen LogP contribution in [0, 0.1) is 0 Å². The van der Waals surface area contributed by atoms with Crippen molar-refractivity contribution in [2.45, 2.75) is 25.8 Å². The molecule has 1 aliphatic heterocycles. The highest BCUT2D eigenvalue weighted by Crippen LogP contribution is 2.31. The molecule has 4 heteroatoms. The zero-order chi connectivity index (χ0) is 13.2. The third-order valence-corrected chi connectivity index (χ3v) is 3.45. The first-order chi connectivity index (χ1) is 9.29. The molecule has 0 saturated heterocycles. The van der Waals surface area contributed by atoms with Crippen molar-refractivity contribution in [2.75, 3.05) is 6.61 Å². The van der Waals surface area contributed by atoms with Crippen LogP contribution in [0.5, 0.6) is 0 Å². The summed E-state index contributed by atoms with van der Waals surface area (Å²) in [5, 5.41) is 4.41. The highest BCUT2D eigenvalue weighted by Gasteiger charge is 2.27. The third kappa shape index (κ3) is 2.14. The first-order valence-corrected chi connectivity index (χ1v) is 6.60. The van der Waals surface area contributed by atoms with E-state index < -0.39 is 0 Å². The van der Waals surface area contributed by atoms with Crippen molar-refractivity contribution in [1.29, 1.82) is 0 Å². The largest absolute Gasteiger partial charge is 0.461 e. The van der Waals surface area contributed by atoms with Crippen LogP contribution in [0.1, 0.15) is 41.1 Å². The molecule has 19 heavy (non-hydrogen) atoms. The van der Waals surface area contributed by atoms with E-state index in [0.29, 0.717) is 12.3 Å². The van der Waals surface area contributed by atoms with Gasteiger partial charge in [0, 0.05) is 5.69 Å². The van der Waals surface area contributed by atoms with E-state index in [4.69, 9.17) is 4.74 Å². The fourth-order valence-corrected chi connectivity index (χ4v) is 2.58. The summed E-state index contributed by atoms with van der Waals surface area (Å²) < 4.78 is 6.95. The second-order valence-electron chi connectivity index (χ2n) is 4.65. The Balaban J connectivity index is 1.90. The molecule has 0 N–H and O–H groups in total. The number of fused-ring (bicyclic) bond motifs is 1. The van der Waals surface area contributed by atoms with Gasteiger partial charge in [0.15, 0.2) is 5.69 Å². The minimum atomic E-state index is -0.337. The molecule has 1 aliphatic rings. The second-order valence-corrected chi connectivity index (χ2v) is 4.65. The lowest BCUT2D eigenvalue weighted by Gasteiger charge is -2.12. The highest BCUT2D eigenvalue weighted by atomic mass is 16.5. The number of aromatic nitrogens is 2. The molecule has 0 radical (unpaired) electrons. The number of benzene rings is 1. The first-order valence-electron chi connectivity index (χ1n) is 6.60. The SMILES string of the molecule is CCOC(=O)c1cc2n(n1)C(c1ccccc1)CC2. The smallest absolute Gasteiger partial charge is 0.358 e. The van der Waals surface area contributed by atoms with Crippen molar-refractivity contribution in [3.8, 4) is 0 Å². The fourth-order valence-electron chi connectivity index (χ4n) is 2.58. The number of nitrogens with zero attached hydrogens (tertiary/aromatic N) is 2. The van der Waals surface area contributed by atoms with Crippen LogP contribution in [-0.4, -0.2) is 22.4 Å². The quantitative estimate of drug-likeness (QED) is 0.793. The van der Waals surface area contributed by atoms with Crippen LogP contribution in [0.3, 0.4) is 0 Å². The van der Waals surface area contributed by atoms with Crippen LogP contribution in [0.4, 0.5) is 0 Å². The predicted octanol–water partition coefficient (Wildman–Crippen LogP) is 2.60. The zero-order valence-electron chi connectivity index (χ0n) is 10.9. The number of hydrogen-bond acceptors (Lipinski definition) is 3. The summed E-state index contributed by atoms with van der Waals surface area (Å²) in [6.45, 7) is 2.18. The number of rotatable bonds is 3. The van der Waals surface area contributed by atoms with Gasteiger partial charge in [-0.2, -0.15) is 5.10 Å². The topological polar surface area (TPSA) is 44.1 Å². The van der Waals surface area contributed by atoms with Crippen molar-refractivity contribution in [1.82, 2.24) is 9.78 Å². The summed E-state index contributed by atoms with van der Waals surface area (Å²) in [5.74, 6) is -0.337. The molecular formula is C15H16N2O2. The van der Waals surface area contributed by atoms with Crippen LogP contribution < -0.4 is 0 Å². The van der Waals surface area contributed by atoms with Crippen LogP contribution in [-0.2, 0) is 11.2 Å². The lowest BCUT2D eigenvalue weighted by atomic mass is 10.1. The van der Waals surface area contributed by atoms with Gasteiger partial charge in [0.2, 0.25) is 0 Å². The number of ether oxygens (including phenoxy) is 1. The summed E-state index contributed by atoms with van der Waals surface area (Å²) in [6.07, 6.45) is 1.99. The van der Waals surface area contributed by atoms with E-state index in [0.717, 1.165) is 18.5 Å². The van der Waals surface area contributed by atoms with Crippen molar-refractivity contribution < 1.29 is 9.53 Å². The number of esters is 1. The van der Waals surface area contributed by atoms with Gasteiger partial charge in [0.25, 0.3) is 0 Å². The van der Waals surface area contributed by atoms with E-state index in [1.807, 2.05) is 28.9 Å². The van der Waals surface area contributed by atoms with E-state index in [2.05, 4.69) is 17.2 Å². The van der Waals surface area contributed by atoms with Crippen LogP contribution in [0.2, 0.25) is 0 Å². The molecule has 1 aromatic carbocycles. The maximum absolute atomic E-state index is 11.7. The van der Waals surface area contributed by atoms with E-state index in [9.17, 15) is 4.79 Å². The Bertz CT molecular complexity index is 589. The maximum atomic E-state index is 11.7. The normalized spacial score (nSPS) is 17.2. The average Bonchev–Trinajstić information content (AvgIpc) is 2.99. The molecule has 3 rings (SSSR count). The molecule has 1 unspecified atom stereocenters. The van der Waals surface area contributed by atoms with Gasteiger partial charge in [0.05, 0.1) is 12.6 Å². The number of carbonyl (C=O) groups is 1. The average molecular weight is 256 g/mol. The Labute approximate surface area is 112 Å². The standard InChI is InChI=1S/C15H16N2O2/c1-2-19-15(18)13-10-12-8-9-14(17(12)16-13)11-6-4-3-5-7-11/h3-7,10,14H,2,8-9H2,1H3. The molecule has 0 spiro atoms. The Hall–Kier alpha value is -2.10. The van der Waals surface area contributed by atoms with E-state index in [-0.39, 0.29) is 12.0 Å². The van der Waals surface area contributed by atoms with Crippen LogP contribution in [0.25, 0.3) is 0 Å². The van der Waals surface area contributed by atoms with Crippen molar-refractivity contribution >= 4 is 5.97 Å². The molecule has 1 atom stereocenters. The number of aryl methyl sites for hydroxylation is 1. The fraction of sp³-hybridized carbons (Fsp3) is 0.333. The first kappa shape index (κ1) is 12.0. The van der Waals surface area contributed by atoms with Gasteiger partial charge >= 0.3 is 5.97 Å². The van der Waals surface area contributed by atoms with Gasteiger partial charge in [-0.3, -0.25) is 4.68 Å². The molecule has 0 bridgehead atoms. The van der Waals surface area contributed by atoms with Gasteiger partial charge in [-0.1, -0.05) is 30.3 Å². The summed E-state index contributed by atoms with van der Waals surface area (Å²) in [6, 6.07) is 12.4. The molecule has 1 aromatic heterocycles. The van der Waals surface area contributed by atoms with E-state index in [1.165, 1.54) is 5.56 Å². The zero-order valence-corrected chi connectivity index (χ0v) is 10.9. The second kappa shape index (κ2) is 4.88. The maximum Gasteiger partial charge on any atom is 0.358 e. The third-order valence-electron chi connectivity index (χ3n) is 3.45. The minimum absolute atomic E-state index is 0.236. The van der Waals surface area contributed by atoms with Gasteiger partial charge in [0.1, 0.15) is 0 Å². The Kier molecular flexibility index (Phi) is 3.07. The van der Waals surface area contributed by atoms with Gasteiger partial charge in [-0.25, -0.2) is 4.79 Å². The van der Waals surface area contributed by atoms with E-state index >= 15 is 0 Å². The van der Waals surface area contributed by atoms with Crippen LogP contribution >= 0.6 is 0 Å². The molecule has 98 valence electrons. The van der Waals surface area contributed by atoms with Crippen molar-refractivity contribution in [3.05, 3.63) is 53.3 Å². The minimum Gasteiger partial charge on any atom is -0.461 e. The summed E-state index contributed by atoms with van der Waals surface area (Å²) in [7, 11) is 0. The number of hydrogen-bond donors (Lipinski definition) is 0. The summed E-state index contributed by atoms with van der Waals surface area (Å²) in [4.78, 5) is 11.7. The van der Waals surface area contributed by atoms with Crippen molar-refractivity contribution in [3.63, 3.8) is 0 Å². The molecule has 0 saturated carbocycles. The van der Waals surface area contributed by atoms with Gasteiger partial charge in [-0.05, 0) is 31.4 Å². The summed E-state index contributed by atoms with van der Waals surface area (Å²) in [5.41, 5.74) is 2.76. The molecule has 2 heterocycles. The Morgan fingerprint density at radius 2 is 2.21 bits per heavy atom. The molecular weight excluding hydrogens is 240 g/mol. The van der Waals surface area contributed by atoms with Gasteiger partial charge < -0.3 is 4.74 Å². The molecule has 0 amide bonds. The molecule has 4 nitrogen and oxygen atoms in total. The van der Waals surface area contributed by atoms with Crippen LogP contribution in [0.15, 0.2) is 36.4 Å². The predicted molar refractivity (Wildman–Crippen MR) is 71.1 cm³/mol. The number of carbonyl (C=O) groups excluding carboxylic acids is 1. The Morgan fingerprint density at radius 1 is 1.42 bits per heavy atom. The monoisotopic (exact) mass is 256 g/mol. The summed E-state index contributed by atoms with van der Waals surface area (Å²) >= 11 is 0. The lowest BCUT2D eigenvalue weighted by Crippen LogP contribution is -2.10. The van der Waals surface area contributed by atoms with Crippen molar-refractivity contribution in [2.24, 2.45) is 0 Å². The highest BCUT2D eigenvalue weighted by molar-refractivity contribution is 5.87. The van der Waals surface area contributed by atoms with Gasteiger partial charge in [-0.15, -0.1) is 0 Å². The lowest BCUT2D eigenvalue weighted by molar-refractivity contribution is 0.0518. The Morgan fingerprint density at radius 3 is 2.95 bits per heavy atom. The van der Waals surface area contributed by atoms with E-state index in [1.54, 1.807) is 6.92 Å².